The van der Waals surface area contributed by atoms with Crippen molar-refractivity contribution in [3.8, 4) is 0 Å². The van der Waals surface area contributed by atoms with E-state index in [1.165, 1.54) is 0 Å². The van der Waals surface area contributed by atoms with Crippen LogP contribution in [0.3, 0.4) is 0 Å². The molecule has 0 saturated carbocycles. The molecule has 0 saturated heterocycles. The number of ketones is 1. The Kier molecular flexibility index (Phi) is 9.39. The van der Waals surface area contributed by atoms with Crippen molar-refractivity contribution in [2.45, 2.75) is 91.0 Å². The maximum atomic E-state index is 12.5. The van der Waals surface area contributed by atoms with E-state index in [4.69, 9.17) is 10.5 Å². The summed E-state index contributed by atoms with van der Waals surface area (Å²) in [6, 6.07) is -1.41. The average molecular weight is 330 g/mol. The summed E-state index contributed by atoms with van der Waals surface area (Å²) < 4.78 is 5.19. The number of alkyl carbamates (subject to hydrolysis) is 1. The number of nitrogens with two attached hydrogens (primary N) is 1. The van der Waals surface area contributed by atoms with Crippen LogP contribution in [0.1, 0.15) is 67.2 Å². The molecule has 0 aliphatic heterocycles. The number of carbonyl (C=O) groups excluding carboxylic acids is 2. The third-order valence-corrected chi connectivity index (χ3v) is 3.32. The minimum atomic E-state index is -1.28. The fraction of sp³-hybridized carbons (Fsp3) is 0.882. The molecule has 3 atom stereocenters. The quantitative estimate of drug-likeness (QED) is 0.602. The second-order valence-electron chi connectivity index (χ2n) is 7.48. The fourth-order valence-corrected chi connectivity index (χ4v) is 2.23. The van der Waals surface area contributed by atoms with E-state index in [-0.39, 0.29) is 5.92 Å². The first-order chi connectivity index (χ1) is 10.5. The molecule has 0 heterocycles. The molecule has 0 spiro atoms. The maximum absolute atomic E-state index is 12.5. The van der Waals surface area contributed by atoms with Gasteiger partial charge in [-0.3, -0.25) is 4.79 Å². The summed E-state index contributed by atoms with van der Waals surface area (Å²) in [4.78, 5) is 24.4. The molecule has 0 aromatic rings. The summed E-state index contributed by atoms with van der Waals surface area (Å²) in [5.41, 5.74) is 5.26. The molecular formula is C17H34N2O4. The molecule has 4 N–H and O–H groups in total. The zero-order chi connectivity index (χ0) is 18.2. The highest BCUT2D eigenvalue weighted by Crippen LogP contribution is 2.13. The van der Waals surface area contributed by atoms with Crippen LogP contribution in [0, 0.1) is 5.92 Å². The molecule has 23 heavy (non-hydrogen) atoms. The normalized spacial score (nSPS) is 15.9. The number of nitrogens with one attached hydrogen (secondary N) is 1. The van der Waals surface area contributed by atoms with Gasteiger partial charge >= 0.3 is 6.09 Å². The van der Waals surface area contributed by atoms with Gasteiger partial charge in [-0.05, 0) is 39.5 Å². The molecule has 6 heteroatoms. The number of aliphatic hydroxyl groups excluding tert-OH is 1. The van der Waals surface area contributed by atoms with Crippen LogP contribution in [-0.2, 0) is 9.53 Å². The summed E-state index contributed by atoms with van der Waals surface area (Å²) in [6.45, 7) is 11.2. The molecule has 0 aromatic heterocycles. The van der Waals surface area contributed by atoms with Gasteiger partial charge in [0.2, 0.25) is 0 Å². The van der Waals surface area contributed by atoms with Crippen molar-refractivity contribution >= 4 is 11.9 Å². The fourth-order valence-electron chi connectivity index (χ4n) is 2.23. The van der Waals surface area contributed by atoms with Crippen molar-refractivity contribution in [1.29, 1.82) is 0 Å². The van der Waals surface area contributed by atoms with E-state index in [0.717, 1.165) is 12.8 Å². The molecule has 0 rings (SSSR count). The molecule has 0 aliphatic rings. The van der Waals surface area contributed by atoms with Gasteiger partial charge in [0.25, 0.3) is 0 Å². The van der Waals surface area contributed by atoms with Crippen LogP contribution in [-0.4, -0.2) is 40.8 Å². The molecule has 136 valence electrons. The third-order valence-electron chi connectivity index (χ3n) is 3.32. The highest BCUT2D eigenvalue weighted by molar-refractivity contribution is 5.91. The van der Waals surface area contributed by atoms with Gasteiger partial charge in [0, 0.05) is 6.04 Å². The number of Topliss-reactive ketones (excluding diaryl/α,β-unsaturated/α-hetero) is 1. The van der Waals surface area contributed by atoms with Crippen LogP contribution < -0.4 is 11.1 Å². The average Bonchev–Trinajstić information content (AvgIpc) is 2.38. The summed E-state index contributed by atoms with van der Waals surface area (Å²) in [5.74, 6) is -0.169. The van der Waals surface area contributed by atoms with Crippen LogP contribution in [0.5, 0.6) is 0 Å². The molecular weight excluding hydrogens is 296 g/mol. The zero-order valence-corrected chi connectivity index (χ0v) is 15.4. The highest BCUT2D eigenvalue weighted by atomic mass is 16.6. The van der Waals surface area contributed by atoms with E-state index in [0.29, 0.717) is 12.8 Å². The first kappa shape index (κ1) is 21.9. The number of hydrogen-bond donors (Lipinski definition) is 3. The number of carbonyl (C=O) groups is 2. The monoisotopic (exact) mass is 330 g/mol. The van der Waals surface area contributed by atoms with Crippen LogP contribution in [0.4, 0.5) is 4.79 Å². The van der Waals surface area contributed by atoms with E-state index in [1.54, 1.807) is 20.8 Å². The van der Waals surface area contributed by atoms with Crippen LogP contribution in [0.25, 0.3) is 0 Å². The standard InChI is InChI=1S/C17H34N2O4/c1-7-8-9-13(19-16(22)23-17(4,5)6)15(21)14(20)12(18)10-11(2)3/h11-14,20H,7-10,18H2,1-6H3,(H,19,22)/t12-,13-,14?/m0/s1. The van der Waals surface area contributed by atoms with E-state index < -0.39 is 35.7 Å². The lowest BCUT2D eigenvalue weighted by Crippen LogP contribution is -2.52. The van der Waals surface area contributed by atoms with Crippen LogP contribution in [0.2, 0.25) is 0 Å². The second kappa shape index (κ2) is 9.88. The Bertz CT molecular complexity index is 377. The van der Waals surface area contributed by atoms with Gasteiger partial charge < -0.3 is 20.9 Å². The molecule has 0 bridgehead atoms. The van der Waals surface area contributed by atoms with Gasteiger partial charge in [-0.2, -0.15) is 0 Å². The van der Waals surface area contributed by atoms with Gasteiger partial charge in [0.05, 0.1) is 6.04 Å². The number of aliphatic hydroxyl groups is 1. The Morgan fingerprint density at radius 2 is 1.83 bits per heavy atom. The van der Waals surface area contributed by atoms with Crippen LogP contribution >= 0.6 is 0 Å². The smallest absolute Gasteiger partial charge is 0.408 e. The Labute approximate surface area is 140 Å². The largest absolute Gasteiger partial charge is 0.444 e. The van der Waals surface area contributed by atoms with Crippen LogP contribution in [0.15, 0.2) is 0 Å². The van der Waals surface area contributed by atoms with Crippen molar-refractivity contribution in [3.63, 3.8) is 0 Å². The summed E-state index contributed by atoms with van der Waals surface area (Å²) in [6.07, 6.45) is 0.706. The van der Waals surface area contributed by atoms with Gasteiger partial charge in [-0.1, -0.05) is 33.6 Å². The Balaban J connectivity index is 4.86. The first-order valence-corrected chi connectivity index (χ1v) is 8.44. The molecule has 6 nitrogen and oxygen atoms in total. The lowest BCUT2D eigenvalue weighted by Gasteiger charge is -2.26. The predicted octanol–water partition coefficient (Wildman–Crippen LogP) is 2.37. The lowest BCUT2D eigenvalue weighted by atomic mass is 9.93. The van der Waals surface area contributed by atoms with E-state index in [9.17, 15) is 14.7 Å². The number of unbranched alkanes of at least 4 members (excludes halogenated alkanes) is 1. The van der Waals surface area contributed by atoms with Crippen molar-refractivity contribution in [1.82, 2.24) is 5.32 Å². The third kappa shape index (κ3) is 9.56. The van der Waals surface area contributed by atoms with Crippen molar-refractivity contribution in [3.05, 3.63) is 0 Å². The van der Waals surface area contributed by atoms with E-state index in [1.807, 2.05) is 20.8 Å². The molecule has 0 aromatic carbocycles. The summed E-state index contributed by atoms with van der Waals surface area (Å²) in [5, 5.41) is 12.8. The highest BCUT2D eigenvalue weighted by Gasteiger charge is 2.31. The number of ether oxygens (including phenoxy) is 1. The van der Waals surface area contributed by atoms with E-state index >= 15 is 0 Å². The molecule has 1 unspecified atom stereocenters. The SMILES string of the molecule is CCCC[C@H](NC(=O)OC(C)(C)C)C(=O)C(O)[C@@H](N)CC(C)C. The number of hydrogen-bond acceptors (Lipinski definition) is 5. The minimum Gasteiger partial charge on any atom is -0.444 e. The lowest BCUT2D eigenvalue weighted by molar-refractivity contribution is -0.130. The Morgan fingerprint density at radius 1 is 1.26 bits per heavy atom. The molecule has 1 amide bonds. The molecule has 0 aliphatic carbocycles. The second-order valence-corrected chi connectivity index (χ2v) is 7.48. The minimum absolute atomic E-state index is 0.278. The Morgan fingerprint density at radius 3 is 2.26 bits per heavy atom. The van der Waals surface area contributed by atoms with Gasteiger partial charge in [-0.25, -0.2) is 4.79 Å². The zero-order valence-electron chi connectivity index (χ0n) is 15.4. The number of rotatable bonds is 9. The predicted molar refractivity (Wildman–Crippen MR) is 91.1 cm³/mol. The molecule has 0 fully saturated rings. The Hall–Kier alpha value is -1.14. The van der Waals surface area contributed by atoms with Crippen molar-refractivity contribution in [2.24, 2.45) is 11.7 Å². The van der Waals surface area contributed by atoms with Crippen molar-refractivity contribution in [2.75, 3.05) is 0 Å². The van der Waals surface area contributed by atoms with Gasteiger partial charge in [0.15, 0.2) is 5.78 Å². The summed E-state index contributed by atoms with van der Waals surface area (Å²) in [7, 11) is 0. The van der Waals surface area contributed by atoms with Gasteiger partial charge in [0.1, 0.15) is 11.7 Å². The number of amides is 1. The maximum Gasteiger partial charge on any atom is 0.408 e. The summed E-state index contributed by atoms with van der Waals surface area (Å²) >= 11 is 0. The topological polar surface area (TPSA) is 102 Å². The van der Waals surface area contributed by atoms with Gasteiger partial charge in [-0.15, -0.1) is 0 Å². The van der Waals surface area contributed by atoms with E-state index in [2.05, 4.69) is 5.32 Å². The van der Waals surface area contributed by atoms with Crippen molar-refractivity contribution < 1.29 is 19.4 Å². The first-order valence-electron chi connectivity index (χ1n) is 8.44. The molecule has 0 radical (unpaired) electrons.